The molecule has 36 heavy (non-hydrogen) atoms. The molecule has 2 aromatic rings. The highest BCUT2D eigenvalue weighted by molar-refractivity contribution is 7.11. The van der Waals surface area contributed by atoms with Crippen molar-refractivity contribution in [1.82, 2.24) is 10.2 Å². The summed E-state index contributed by atoms with van der Waals surface area (Å²) in [5.74, 6) is -0.293. The molecule has 1 aliphatic rings. The van der Waals surface area contributed by atoms with Gasteiger partial charge in [0.05, 0.1) is 17.0 Å². The first kappa shape index (κ1) is 27.3. The van der Waals surface area contributed by atoms with E-state index in [9.17, 15) is 22.8 Å². The van der Waals surface area contributed by atoms with Gasteiger partial charge in [0.2, 0.25) is 0 Å². The summed E-state index contributed by atoms with van der Waals surface area (Å²) in [5.41, 5.74) is 7.70. The van der Waals surface area contributed by atoms with Crippen LogP contribution in [-0.2, 0) is 22.6 Å². The predicted octanol–water partition coefficient (Wildman–Crippen LogP) is 5.53. The summed E-state index contributed by atoms with van der Waals surface area (Å²) in [5, 5.41) is 4.46. The Balaban J connectivity index is 1.72. The van der Waals surface area contributed by atoms with E-state index in [1.54, 1.807) is 57.2 Å². The fraction of sp³-hybridized carbons (Fsp3) is 0.400. The second kappa shape index (κ2) is 11.2. The quantitative estimate of drug-likeness (QED) is 0.500. The maximum Gasteiger partial charge on any atom is 0.407 e. The van der Waals surface area contributed by atoms with Crippen LogP contribution in [0.4, 0.5) is 23.7 Å². The van der Waals surface area contributed by atoms with Crippen molar-refractivity contribution in [3.63, 3.8) is 0 Å². The summed E-state index contributed by atoms with van der Waals surface area (Å²) < 4.78 is 44.2. The lowest BCUT2D eigenvalue weighted by molar-refractivity contribution is -0.144. The van der Waals surface area contributed by atoms with E-state index in [-0.39, 0.29) is 30.9 Å². The lowest BCUT2D eigenvalue weighted by Crippen LogP contribution is -2.35. The van der Waals surface area contributed by atoms with Gasteiger partial charge in [0.15, 0.2) is 0 Å². The van der Waals surface area contributed by atoms with Crippen LogP contribution < -0.4 is 11.1 Å². The van der Waals surface area contributed by atoms with Crippen LogP contribution in [0.2, 0.25) is 0 Å². The van der Waals surface area contributed by atoms with Crippen LogP contribution in [0.3, 0.4) is 0 Å². The van der Waals surface area contributed by atoms with E-state index in [0.717, 1.165) is 10.4 Å². The molecule has 3 rings (SSSR count). The topological polar surface area (TPSA) is 97.0 Å². The number of fused-ring (bicyclic) bond motifs is 1. The maximum atomic E-state index is 13.3. The van der Waals surface area contributed by atoms with Crippen LogP contribution in [0.15, 0.2) is 46.3 Å². The minimum Gasteiger partial charge on any atom is -0.444 e. The summed E-state index contributed by atoms with van der Waals surface area (Å²) >= 11 is 1.38. The lowest BCUT2D eigenvalue weighted by atomic mass is 10.1. The molecule has 0 atom stereocenters. The first-order chi connectivity index (χ1) is 16.8. The van der Waals surface area contributed by atoms with Gasteiger partial charge in [0.25, 0.3) is 5.91 Å². The van der Waals surface area contributed by atoms with E-state index in [1.807, 2.05) is 5.38 Å². The van der Waals surface area contributed by atoms with Crippen LogP contribution in [0.25, 0.3) is 6.08 Å². The Kier molecular flexibility index (Phi) is 8.44. The SMILES string of the molecule is CC(C)(C)OC(=O)NCc1ccc(CN(CCC(F)(F)F)C(=O)C2=Cc3sccc3N=C(N)C2)cc1. The Morgan fingerprint density at radius 1 is 1.14 bits per heavy atom. The molecular weight excluding hydrogens is 493 g/mol. The number of alkyl carbamates (subject to hydrolysis) is 1. The molecule has 0 aliphatic carbocycles. The molecule has 0 spiro atoms. The van der Waals surface area contributed by atoms with Gasteiger partial charge < -0.3 is 20.7 Å². The fourth-order valence-electron chi connectivity index (χ4n) is 3.44. The van der Waals surface area contributed by atoms with E-state index in [0.29, 0.717) is 11.3 Å². The number of amides is 2. The molecule has 194 valence electrons. The Labute approximate surface area is 211 Å². The second-order valence-corrected chi connectivity index (χ2v) is 10.3. The number of nitrogens with zero attached hydrogens (tertiary/aromatic N) is 2. The average Bonchev–Trinajstić information content (AvgIpc) is 3.12. The van der Waals surface area contributed by atoms with Gasteiger partial charge in [-0.2, -0.15) is 13.2 Å². The summed E-state index contributed by atoms with van der Waals surface area (Å²) in [7, 11) is 0. The smallest absolute Gasteiger partial charge is 0.407 e. The number of aliphatic imine (C=N–C) groups is 1. The van der Waals surface area contributed by atoms with E-state index in [4.69, 9.17) is 10.5 Å². The van der Waals surface area contributed by atoms with Gasteiger partial charge in [-0.05, 0) is 49.4 Å². The molecule has 7 nitrogen and oxygen atoms in total. The van der Waals surface area contributed by atoms with Crippen LogP contribution in [-0.4, -0.2) is 41.1 Å². The molecular formula is C25H29F3N4O3S. The third-order valence-corrected chi connectivity index (χ3v) is 5.93. The van der Waals surface area contributed by atoms with E-state index in [2.05, 4.69) is 10.3 Å². The number of rotatable bonds is 7. The fourth-order valence-corrected chi connectivity index (χ4v) is 4.23. The van der Waals surface area contributed by atoms with Crippen molar-refractivity contribution in [2.24, 2.45) is 10.7 Å². The zero-order chi connectivity index (χ0) is 26.5. The van der Waals surface area contributed by atoms with Crippen molar-refractivity contribution in [2.75, 3.05) is 6.54 Å². The number of hydrogen-bond donors (Lipinski definition) is 2. The highest BCUT2D eigenvalue weighted by Gasteiger charge is 2.30. The highest BCUT2D eigenvalue weighted by atomic mass is 32.1. The summed E-state index contributed by atoms with van der Waals surface area (Å²) in [6.07, 6.45) is -4.38. The molecule has 0 saturated carbocycles. The molecule has 11 heteroatoms. The van der Waals surface area contributed by atoms with Gasteiger partial charge in [-0.3, -0.25) is 4.79 Å². The molecule has 2 amide bonds. The normalized spacial score (nSPS) is 13.7. The van der Waals surface area contributed by atoms with E-state index in [1.165, 1.54) is 16.2 Å². The summed E-state index contributed by atoms with van der Waals surface area (Å²) in [6, 6.07) is 8.69. The van der Waals surface area contributed by atoms with Gasteiger partial charge in [-0.1, -0.05) is 24.3 Å². The lowest BCUT2D eigenvalue weighted by Gasteiger charge is -2.25. The predicted molar refractivity (Wildman–Crippen MR) is 134 cm³/mol. The largest absolute Gasteiger partial charge is 0.444 e. The number of carbonyl (C=O) groups is 2. The number of hydrogen-bond acceptors (Lipinski definition) is 6. The van der Waals surface area contributed by atoms with Crippen LogP contribution >= 0.6 is 11.3 Å². The molecule has 0 fully saturated rings. The van der Waals surface area contributed by atoms with Crippen LogP contribution in [0.1, 0.15) is 49.6 Å². The molecule has 1 aliphatic heterocycles. The first-order valence-electron chi connectivity index (χ1n) is 11.3. The zero-order valence-electron chi connectivity index (χ0n) is 20.3. The number of nitrogens with two attached hydrogens (primary N) is 1. The third kappa shape index (κ3) is 8.40. The minimum atomic E-state index is -4.41. The number of nitrogens with one attached hydrogen (secondary N) is 1. The molecule has 0 saturated heterocycles. The van der Waals surface area contributed by atoms with Gasteiger partial charge in [-0.25, -0.2) is 9.79 Å². The Morgan fingerprint density at radius 2 is 1.81 bits per heavy atom. The number of halogens is 3. The Morgan fingerprint density at radius 3 is 2.44 bits per heavy atom. The van der Waals surface area contributed by atoms with Crippen LogP contribution in [0, 0.1) is 0 Å². The molecule has 2 heterocycles. The summed E-state index contributed by atoms with van der Waals surface area (Å²) in [6.45, 7) is 5.01. The third-order valence-electron chi connectivity index (χ3n) is 5.07. The minimum absolute atomic E-state index is 0.0135. The maximum absolute atomic E-state index is 13.3. The average molecular weight is 523 g/mol. The number of amidine groups is 1. The van der Waals surface area contributed by atoms with Gasteiger partial charge in [-0.15, -0.1) is 11.3 Å². The van der Waals surface area contributed by atoms with Crippen molar-refractivity contribution >= 4 is 40.9 Å². The zero-order valence-corrected chi connectivity index (χ0v) is 21.1. The Hall–Kier alpha value is -3.34. The number of carbonyl (C=O) groups excluding carboxylic acids is 2. The van der Waals surface area contributed by atoms with Gasteiger partial charge in [0.1, 0.15) is 11.4 Å². The number of thiophene rings is 1. The van der Waals surface area contributed by atoms with Crippen LogP contribution in [0.5, 0.6) is 0 Å². The molecule has 3 N–H and O–H groups in total. The van der Waals surface area contributed by atoms with Crippen molar-refractivity contribution in [3.8, 4) is 0 Å². The van der Waals surface area contributed by atoms with Gasteiger partial charge >= 0.3 is 12.3 Å². The molecule has 1 aromatic carbocycles. The molecule has 0 bridgehead atoms. The molecule has 0 unspecified atom stereocenters. The number of benzene rings is 1. The van der Waals surface area contributed by atoms with Crippen molar-refractivity contribution in [2.45, 2.75) is 58.5 Å². The van der Waals surface area contributed by atoms with Gasteiger partial charge in [0, 0.05) is 31.6 Å². The monoisotopic (exact) mass is 522 g/mol. The highest BCUT2D eigenvalue weighted by Crippen LogP contribution is 2.32. The summed E-state index contributed by atoms with van der Waals surface area (Å²) in [4.78, 5) is 31.4. The number of alkyl halides is 3. The molecule has 1 aromatic heterocycles. The standard InChI is InChI=1S/C25H29F3N4O3S/c1-24(2,3)35-23(34)30-14-16-4-6-17(7-5-16)15-32(10-9-25(26,27)28)22(33)18-12-20-19(8-11-36-20)31-21(29)13-18/h4-8,11-12H,9-10,13-15H2,1-3H3,(H2,29,31)(H,30,34). The first-order valence-corrected chi connectivity index (χ1v) is 12.2. The molecule has 0 radical (unpaired) electrons. The van der Waals surface area contributed by atoms with E-state index >= 15 is 0 Å². The van der Waals surface area contributed by atoms with Crippen molar-refractivity contribution < 1.29 is 27.5 Å². The van der Waals surface area contributed by atoms with E-state index < -0.39 is 36.7 Å². The number of ether oxygens (including phenoxy) is 1. The second-order valence-electron chi connectivity index (χ2n) is 9.38. The Bertz CT molecular complexity index is 1150. The van der Waals surface area contributed by atoms with Crippen molar-refractivity contribution in [1.29, 1.82) is 0 Å². The van der Waals surface area contributed by atoms with Crippen molar-refractivity contribution in [3.05, 3.63) is 57.3 Å².